The number of hydrogen-bond donors (Lipinski definition) is 1. The second kappa shape index (κ2) is 5.58. The lowest BCUT2D eigenvalue weighted by Crippen LogP contribution is -2.07. The smallest absolute Gasteiger partial charge is 0.310 e. The van der Waals surface area contributed by atoms with Crippen molar-refractivity contribution in [3.63, 3.8) is 0 Å². The van der Waals surface area contributed by atoms with Crippen LogP contribution in [0, 0.1) is 0 Å². The van der Waals surface area contributed by atoms with Crippen LogP contribution in [0.1, 0.15) is 24.0 Å². The van der Waals surface area contributed by atoms with E-state index in [-0.39, 0.29) is 4.49 Å². The van der Waals surface area contributed by atoms with Gasteiger partial charge < -0.3 is 5.11 Å². The zero-order valence-corrected chi connectivity index (χ0v) is 10.6. The highest BCUT2D eigenvalue weighted by Gasteiger charge is 2.14. The number of carbonyl (C=O) groups is 1. The van der Waals surface area contributed by atoms with E-state index < -0.39 is 11.9 Å². The quantitative estimate of drug-likeness (QED) is 0.895. The lowest BCUT2D eigenvalue weighted by Gasteiger charge is -2.08. The van der Waals surface area contributed by atoms with Gasteiger partial charge in [0.1, 0.15) is 4.49 Å². The molecule has 0 radical (unpaired) electrons. The summed E-state index contributed by atoms with van der Waals surface area (Å²) < 4.78 is 0.0981. The Balaban J connectivity index is 3.09. The van der Waals surface area contributed by atoms with Crippen molar-refractivity contribution >= 4 is 46.8 Å². The summed E-state index contributed by atoms with van der Waals surface area (Å²) >= 11 is 17.0. The van der Waals surface area contributed by atoms with Crippen LogP contribution >= 0.6 is 34.8 Å². The lowest BCUT2D eigenvalue weighted by molar-refractivity contribution is -0.138. The molecule has 0 aromatic heterocycles. The Morgan fingerprint density at radius 3 is 2.50 bits per heavy atom. The molecular formula is C11H9Cl3O2. The van der Waals surface area contributed by atoms with Gasteiger partial charge in [0, 0.05) is 5.02 Å². The van der Waals surface area contributed by atoms with Crippen LogP contribution < -0.4 is 0 Å². The molecule has 0 heterocycles. The van der Waals surface area contributed by atoms with Crippen LogP contribution in [-0.4, -0.2) is 11.1 Å². The molecule has 86 valence electrons. The average molecular weight is 280 g/mol. The summed E-state index contributed by atoms with van der Waals surface area (Å²) in [7, 11) is 0. The van der Waals surface area contributed by atoms with Gasteiger partial charge in [0.25, 0.3) is 0 Å². The Bertz CT molecular complexity index is 437. The standard InChI is InChI=1S/C11H9Cl3O2/c1-6(11(15)16)7-2-3-8(5-10(13)14)9(12)4-7/h2-6H,1H3,(H,15,16). The molecule has 1 rings (SSSR count). The number of carboxylic acid groups (broad SMARTS) is 1. The number of benzene rings is 1. The van der Waals surface area contributed by atoms with Crippen LogP contribution in [0.25, 0.3) is 6.08 Å². The van der Waals surface area contributed by atoms with Crippen molar-refractivity contribution in [2.45, 2.75) is 12.8 Å². The van der Waals surface area contributed by atoms with E-state index in [1.54, 1.807) is 25.1 Å². The molecule has 1 atom stereocenters. The Hall–Kier alpha value is -0.700. The van der Waals surface area contributed by atoms with Gasteiger partial charge in [-0.15, -0.1) is 0 Å². The highest BCUT2D eigenvalue weighted by molar-refractivity contribution is 6.57. The molecule has 0 bridgehead atoms. The molecule has 0 saturated carbocycles. The molecule has 0 aliphatic carbocycles. The summed E-state index contributed by atoms with van der Waals surface area (Å²) in [6, 6.07) is 4.97. The molecule has 5 heteroatoms. The molecule has 1 aromatic rings. The molecule has 1 unspecified atom stereocenters. The second-order valence-corrected chi connectivity index (χ2v) is 4.69. The van der Waals surface area contributed by atoms with Gasteiger partial charge in [-0.3, -0.25) is 4.79 Å². The predicted octanol–water partition coefficient (Wildman–Crippen LogP) is 4.30. The van der Waals surface area contributed by atoms with Crippen LogP contribution in [-0.2, 0) is 4.79 Å². The van der Waals surface area contributed by atoms with E-state index >= 15 is 0 Å². The molecule has 1 aromatic carbocycles. The van der Waals surface area contributed by atoms with Crippen molar-refractivity contribution in [3.8, 4) is 0 Å². The summed E-state index contributed by atoms with van der Waals surface area (Å²) in [5.41, 5.74) is 1.29. The second-order valence-electron chi connectivity index (χ2n) is 3.27. The third kappa shape index (κ3) is 3.41. The number of aliphatic carboxylic acids is 1. The van der Waals surface area contributed by atoms with Gasteiger partial charge in [0.15, 0.2) is 0 Å². The molecule has 0 aliphatic rings. The predicted molar refractivity (Wildman–Crippen MR) is 67.2 cm³/mol. The van der Waals surface area contributed by atoms with Gasteiger partial charge in [0.2, 0.25) is 0 Å². The minimum atomic E-state index is -0.894. The largest absolute Gasteiger partial charge is 0.481 e. The van der Waals surface area contributed by atoms with Gasteiger partial charge in [-0.2, -0.15) is 0 Å². The summed E-state index contributed by atoms with van der Waals surface area (Å²) in [5.74, 6) is -1.49. The zero-order chi connectivity index (χ0) is 12.3. The highest BCUT2D eigenvalue weighted by atomic mass is 35.5. The maximum absolute atomic E-state index is 10.8. The van der Waals surface area contributed by atoms with Crippen LogP contribution in [0.4, 0.5) is 0 Å². The van der Waals surface area contributed by atoms with Crippen LogP contribution in [0.15, 0.2) is 22.7 Å². The average Bonchev–Trinajstić information content (AvgIpc) is 2.19. The summed E-state index contributed by atoms with van der Waals surface area (Å²) in [4.78, 5) is 10.8. The monoisotopic (exact) mass is 278 g/mol. The van der Waals surface area contributed by atoms with Crippen LogP contribution in [0.2, 0.25) is 5.02 Å². The molecule has 0 amide bonds. The summed E-state index contributed by atoms with van der Waals surface area (Å²) in [5, 5.41) is 9.26. The first-order valence-electron chi connectivity index (χ1n) is 4.46. The molecule has 0 spiro atoms. The Morgan fingerprint density at radius 2 is 2.06 bits per heavy atom. The molecule has 2 nitrogen and oxygen atoms in total. The molecule has 0 aliphatic heterocycles. The van der Waals surface area contributed by atoms with Crippen LogP contribution in [0.3, 0.4) is 0 Å². The minimum absolute atomic E-state index is 0.0981. The van der Waals surface area contributed by atoms with Crippen molar-refractivity contribution in [2.24, 2.45) is 0 Å². The molecule has 1 N–H and O–H groups in total. The maximum Gasteiger partial charge on any atom is 0.310 e. The third-order valence-electron chi connectivity index (χ3n) is 2.16. The van der Waals surface area contributed by atoms with E-state index in [4.69, 9.17) is 39.9 Å². The van der Waals surface area contributed by atoms with E-state index in [2.05, 4.69) is 0 Å². The number of rotatable bonds is 3. The zero-order valence-electron chi connectivity index (χ0n) is 8.38. The maximum atomic E-state index is 10.8. The minimum Gasteiger partial charge on any atom is -0.481 e. The number of hydrogen-bond acceptors (Lipinski definition) is 1. The van der Waals surface area contributed by atoms with Gasteiger partial charge >= 0.3 is 5.97 Å². The first-order chi connectivity index (χ1) is 7.41. The van der Waals surface area contributed by atoms with Crippen molar-refractivity contribution in [3.05, 3.63) is 38.8 Å². The van der Waals surface area contributed by atoms with Crippen molar-refractivity contribution in [2.75, 3.05) is 0 Å². The summed E-state index contributed by atoms with van der Waals surface area (Å²) in [6.45, 7) is 1.60. The lowest BCUT2D eigenvalue weighted by atomic mass is 10.00. The molecular weight excluding hydrogens is 270 g/mol. The van der Waals surface area contributed by atoms with Gasteiger partial charge in [-0.05, 0) is 30.2 Å². The first kappa shape index (κ1) is 13.4. The molecule has 16 heavy (non-hydrogen) atoms. The summed E-state index contributed by atoms with van der Waals surface area (Å²) in [6.07, 6.45) is 1.50. The van der Waals surface area contributed by atoms with E-state index in [9.17, 15) is 4.79 Å². The Morgan fingerprint density at radius 1 is 1.44 bits per heavy atom. The van der Waals surface area contributed by atoms with Gasteiger partial charge in [-0.1, -0.05) is 46.9 Å². The first-order valence-corrected chi connectivity index (χ1v) is 5.60. The Kier molecular flexibility index (Phi) is 4.66. The van der Waals surface area contributed by atoms with Crippen molar-refractivity contribution < 1.29 is 9.90 Å². The van der Waals surface area contributed by atoms with Crippen molar-refractivity contribution in [1.29, 1.82) is 0 Å². The van der Waals surface area contributed by atoms with Gasteiger partial charge in [0.05, 0.1) is 5.92 Å². The van der Waals surface area contributed by atoms with E-state index in [0.717, 1.165) is 0 Å². The van der Waals surface area contributed by atoms with E-state index in [1.807, 2.05) is 0 Å². The fraction of sp³-hybridized carbons (Fsp3) is 0.182. The topological polar surface area (TPSA) is 37.3 Å². The van der Waals surface area contributed by atoms with Crippen LogP contribution in [0.5, 0.6) is 0 Å². The molecule has 0 fully saturated rings. The number of carboxylic acids is 1. The fourth-order valence-corrected chi connectivity index (χ4v) is 1.67. The Labute approximate surface area is 108 Å². The van der Waals surface area contributed by atoms with Gasteiger partial charge in [-0.25, -0.2) is 0 Å². The normalized spacial score (nSPS) is 12.0. The molecule has 0 saturated heterocycles. The fourth-order valence-electron chi connectivity index (χ4n) is 1.19. The van der Waals surface area contributed by atoms with E-state index in [0.29, 0.717) is 16.1 Å². The third-order valence-corrected chi connectivity index (χ3v) is 2.71. The van der Waals surface area contributed by atoms with E-state index in [1.165, 1.54) is 6.08 Å². The van der Waals surface area contributed by atoms with Crippen molar-refractivity contribution in [1.82, 2.24) is 0 Å². The number of halogens is 3. The highest BCUT2D eigenvalue weighted by Crippen LogP contribution is 2.26. The SMILES string of the molecule is CC(C(=O)O)c1ccc(C=C(Cl)Cl)c(Cl)c1.